The van der Waals surface area contributed by atoms with Crippen LogP contribution in [-0.4, -0.2) is 19.6 Å². The Hall–Kier alpha value is -1.03. The third-order valence-corrected chi connectivity index (χ3v) is 4.02. The molecule has 3 nitrogen and oxygen atoms in total. The minimum absolute atomic E-state index is 0.859. The van der Waals surface area contributed by atoms with Crippen molar-refractivity contribution in [2.45, 2.75) is 46.1 Å². The van der Waals surface area contributed by atoms with Gasteiger partial charge in [-0.15, -0.1) is 11.3 Å². The van der Waals surface area contributed by atoms with Gasteiger partial charge in [-0.3, -0.25) is 4.99 Å². The lowest BCUT2D eigenvalue weighted by molar-refractivity contribution is 0.683. The molecule has 0 aliphatic rings. The predicted octanol–water partition coefficient (Wildman–Crippen LogP) is 3.17. The molecule has 2 N–H and O–H groups in total. The van der Waals surface area contributed by atoms with Crippen molar-refractivity contribution in [1.82, 2.24) is 10.6 Å². The SMILES string of the molecule is CCCCCNC(=NC)NCc1ccc(CC)s1. The molecule has 0 bridgehead atoms. The van der Waals surface area contributed by atoms with E-state index in [1.807, 2.05) is 18.4 Å². The van der Waals surface area contributed by atoms with Gasteiger partial charge in [0.2, 0.25) is 0 Å². The first-order chi connectivity index (χ1) is 8.80. The van der Waals surface area contributed by atoms with Gasteiger partial charge in [-0.05, 0) is 25.0 Å². The van der Waals surface area contributed by atoms with Crippen LogP contribution in [0.3, 0.4) is 0 Å². The molecule has 0 saturated carbocycles. The van der Waals surface area contributed by atoms with E-state index in [2.05, 4.69) is 41.6 Å². The molecule has 0 aliphatic carbocycles. The van der Waals surface area contributed by atoms with E-state index in [9.17, 15) is 0 Å². The summed E-state index contributed by atoms with van der Waals surface area (Å²) in [4.78, 5) is 7.03. The summed E-state index contributed by atoms with van der Waals surface area (Å²) in [5, 5.41) is 6.69. The van der Waals surface area contributed by atoms with Crippen LogP contribution >= 0.6 is 11.3 Å². The molecule has 0 spiro atoms. The quantitative estimate of drug-likeness (QED) is 0.452. The summed E-state index contributed by atoms with van der Waals surface area (Å²) < 4.78 is 0. The Balaban J connectivity index is 2.26. The second-order valence-corrected chi connectivity index (χ2v) is 5.53. The molecule has 4 heteroatoms. The first-order valence-corrected chi connectivity index (χ1v) is 7.63. The van der Waals surface area contributed by atoms with Crippen LogP contribution in [0.4, 0.5) is 0 Å². The van der Waals surface area contributed by atoms with E-state index < -0.39 is 0 Å². The zero-order chi connectivity index (χ0) is 13.2. The van der Waals surface area contributed by atoms with Crippen molar-refractivity contribution < 1.29 is 0 Å². The summed E-state index contributed by atoms with van der Waals surface area (Å²) >= 11 is 1.87. The Morgan fingerprint density at radius 3 is 2.56 bits per heavy atom. The molecule has 0 saturated heterocycles. The minimum Gasteiger partial charge on any atom is -0.356 e. The fourth-order valence-electron chi connectivity index (χ4n) is 1.68. The van der Waals surface area contributed by atoms with E-state index in [1.165, 1.54) is 29.0 Å². The van der Waals surface area contributed by atoms with Crippen molar-refractivity contribution >= 4 is 17.3 Å². The lowest BCUT2D eigenvalue weighted by Crippen LogP contribution is -2.37. The molecule has 1 aromatic rings. The molecule has 0 aromatic carbocycles. The third-order valence-electron chi connectivity index (χ3n) is 2.79. The summed E-state index contributed by atoms with van der Waals surface area (Å²) in [5.41, 5.74) is 0. The minimum atomic E-state index is 0.859. The fraction of sp³-hybridized carbons (Fsp3) is 0.643. The van der Waals surface area contributed by atoms with E-state index in [4.69, 9.17) is 0 Å². The first kappa shape index (κ1) is 15.0. The number of nitrogens with one attached hydrogen (secondary N) is 2. The van der Waals surface area contributed by atoms with Gasteiger partial charge in [-0.1, -0.05) is 26.7 Å². The molecule has 0 amide bonds. The molecule has 1 aromatic heterocycles. The number of aliphatic imine (C=N–C) groups is 1. The number of unbranched alkanes of at least 4 members (excludes halogenated alkanes) is 2. The average Bonchev–Trinajstić information content (AvgIpc) is 2.86. The number of aryl methyl sites for hydroxylation is 1. The Labute approximate surface area is 115 Å². The van der Waals surface area contributed by atoms with Gasteiger partial charge in [0.05, 0.1) is 6.54 Å². The zero-order valence-electron chi connectivity index (χ0n) is 11.8. The molecule has 102 valence electrons. The van der Waals surface area contributed by atoms with Crippen LogP contribution in [0.15, 0.2) is 17.1 Å². The van der Waals surface area contributed by atoms with Crippen LogP contribution < -0.4 is 10.6 Å². The lowest BCUT2D eigenvalue weighted by Gasteiger charge is -2.10. The summed E-state index contributed by atoms with van der Waals surface area (Å²) in [6.07, 6.45) is 4.85. The molecule has 0 fully saturated rings. The van der Waals surface area contributed by atoms with E-state index in [0.717, 1.165) is 25.5 Å². The first-order valence-electron chi connectivity index (χ1n) is 6.82. The molecule has 0 radical (unpaired) electrons. The van der Waals surface area contributed by atoms with Crippen LogP contribution in [0.25, 0.3) is 0 Å². The fourth-order valence-corrected chi connectivity index (χ4v) is 2.58. The number of hydrogen-bond donors (Lipinski definition) is 2. The topological polar surface area (TPSA) is 36.4 Å². The maximum absolute atomic E-state index is 4.23. The van der Waals surface area contributed by atoms with Crippen LogP contribution in [0.1, 0.15) is 42.9 Å². The highest BCUT2D eigenvalue weighted by Crippen LogP contribution is 2.16. The maximum atomic E-state index is 4.23. The molecule has 1 rings (SSSR count). The summed E-state index contributed by atoms with van der Waals surface area (Å²) in [6.45, 7) is 6.27. The van der Waals surface area contributed by atoms with Crippen molar-refractivity contribution in [1.29, 1.82) is 0 Å². The van der Waals surface area contributed by atoms with Crippen molar-refractivity contribution in [3.8, 4) is 0 Å². The van der Waals surface area contributed by atoms with Gasteiger partial charge in [-0.2, -0.15) is 0 Å². The second kappa shape index (κ2) is 8.97. The Morgan fingerprint density at radius 1 is 1.17 bits per heavy atom. The van der Waals surface area contributed by atoms with Gasteiger partial charge in [-0.25, -0.2) is 0 Å². The van der Waals surface area contributed by atoms with Crippen molar-refractivity contribution in [3.63, 3.8) is 0 Å². The van der Waals surface area contributed by atoms with E-state index in [1.54, 1.807) is 0 Å². The largest absolute Gasteiger partial charge is 0.356 e. The second-order valence-electron chi connectivity index (χ2n) is 4.28. The van der Waals surface area contributed by atoms with E-state index >= 15 is 0 Å². The number of rotatable bonds is 7. The van der Waals surface area contributed by atoms with Crippen LogP contribution in [0, 0.1) is 0 Å². The summed E-state index contributed by atoms with van der Waals surface area (Å²) in [7, 11) is 1.82. The molecular weight excluding hydrogens is 242 g/mol. The maximum Gasteiger partial charge on any atom is 0.191 e. The Morgan fingerprint density at radius 2 is 1.94 bits per heavy atom. The van der Waals surface area contributed by atoms with Gasteiger partial charge in [0.1, 0.15) is 0 Å². The predicted molar refractivity (Wildman–Crippen MR) is 81.4 cm³/mol. The van der Waals surface area contributed by atoms with E-state index in [0.29, 0.717) is 0 Å². The molecule has 18 heavy (non-hydrogen) atoms. The standard InChI is InChI=1S/C14H25N3S/c1-4-6-7-10-16-14(15-3)17-11-13-9-8-12(5-2)18-13/h8-9H,4-7,10-11H2,1-3H3,(H2,15,16,17). The van der Waals surface area contributed by atoms with Crippen LogP contribution in [0.5, 0.6) is 0 Å². The van der Waals surface area contributed by atoms with Gasteiger partial charge in [0.15, 0.2) is 5.96 Å². The third kappa shape index (κ3) is 5.54. The van der Waals surface area contributed by atoms with Crippen LogP contribution in [0.2, 0.25) is 0 Å². The van der Waals surface area contributed by atoms with E-state index in [-0.39, 0.29) is 0 Å². The molecule has 0 atom stereocenters. The van der Waals surface area contributed by atoms with Gasteiger partial charge >= 0.3 is 0 Å². The highest BCUT2D eigenvalue weighted by Gasteiger charge is 2.00. The highest BCUT2D eigenvalue weighted by molar-refractivity contribution is 7.11. The number of guanidine groups is 1. The number of nitrogens with zero attached hydrogens (tertiary/aromatic N) is 1. The zero-order valence-corrected chi connectivity index (χ0v) is 12.6. The van der Waals surface area contributed by atoms with Crippen molar-refractivity contribution in [2.24, 2.45) is 4.99 Å². The summed E-state index contributed by atoms with van der Waals surface area (Å²) in [6, 6.07) is 4.40. The van der Waals surface area contributed by atoms with Crippen molar-refractivity contribution in [3.05, 3.63) is 21.9 Å². The summed E-state index contributed by atoms with van der Waals surface area (Å²) in [5.74, 6) is 0.901. The lowest BCUT2D eigenvalue weighted by atomic mass is 10.2. The molecule has 0 aliphatic heterocycles. The van der Waals surface area contributed by atoms with Gasteiger partial charge in [0.25, 0.3) is 0 Å². The number of thiophene rings is 1. The normalized spacial score (nSPS) is 11.6. The smallest absolute Gasteiger partial charge is 0.191 e. The van der Waals surface area contributed by atoms with Crippen molar-refractivity contribution in [2.75, 3.05) is 13.6 Å². The van der Waals surface area contributed by atoms with Crippen LogP contribution in [-0.2, 0) is 13.0 Å². The van der Waals surface area contributed by atoms with Gasteiger partial charge < -0.3 is 10.6 Å². The molecule has 1 heterocycles. The molecule has 0 unspecified atom stereocenters. The average molecular weight is 267 g/mol. The Kier molecular flexibility index (Phi) is 7.49. The Bertz CT molecular complexity index is 358. The molecular formula is C14H25N3S. The van der Waals surface area contributed by atoms with Gasteiger partial charge in [0, 0.05) is 23.3 Å². The highest BCUT2D eigenvalue weighted by atomic mass is 32.1. The monoisotopic (exact) mass is 267 g/mol. The number of hydrogen-bond acceptors (Lipinski definition) is 2.